The molecule has 18 heavy (non-hydrogen) atoms. The molecule has 1 heterocycles. The third-order valence-electron chi connectivity index (χ3n) is 3.71. The lowest BCUT2D eigenvalue weighted by atomic mass is 9.85. The third-order valence-corrected chi connectivity index (χ3v) is 3.89. The van der Waals surface area contributed by atoms with Crippen molar-refractivity contribution in [2.24, 2.45) is 5.92 Å². The summed E-state index contributed by atoms with van der Waals surface area (Å²) in [6.45, 7) is 2.21. The highest BCUT2D eigenvalue weighted by Gasteiger charge is 2.29. The summed E-state index contributed by atoms with van der Waals surface area (Å²) in [5.74, 6) is 0.448. The number of hydrogen-bond acceptors (Lipinski definition) is 3. The molecule has 98 valence electrons. The Morgan fingerprint density at radius 2 is 2.11 bits per heavy atom. The van der Waals surface area contributed by atoms with Crippen molar-refractivity contribution < 1.29 is 4.79 Å². The molecular weight excluding hydrogens is 250 g/mol. The summed E-state index contributed by atoms with van der Waals surface area (Å²) in [6.07, 6.45) is 7.60. The number of rotatable bonds is 2. The molecule has 1 amide bonds. The molecule has 1 aliphatic carbocycles. The van der Waals surface area contributed by atoms with Crippen molar-refractivity contribution >= 4 is 17.5 Å². The summed E-state index contributed by atoms with van der Waals surface area (Å²) in [6, 6.07) is 0.298. The van der Waals surface area contributed by atoms with Crippen molar-refractivity contribution in [1.82, 2.24) is 14.9 Å². The molecular formula is C13H18ClN3O. The smallest absolute Gasteiger partial charge is 0.274 e. The number of aromatic nitrogens is 2. The van der Waals surface area contributed by atoms with Crippen molar-refractivity contribution in [1.29, 1.82) is 0 Å². The van der Waals surface area contributed by atoms with E-state index in [0.29, 0.717) is 17.7 Å². The lowest BCUT2D eigenvalue weighted by Gasteiger charge is -2.36. The summed E-state index contributed by atoms with van der Waals surface area (Å²) < 4.78 is 0. The Labute approximate surface area is 112 Å². The first kappa shape index (κ1) is 13.3. The molecule has 0 bridgehead atoms. The maximum absolute atomic E-state index is 12.3. The summed E-state index contributed by atoms with van der Waals surface area (Å²) in [5, 5.41) is 0.256. The number of halogens is 1. The predicted octanol–water partition coefficient (Wildman–Crippen LogP) is 2.78. The van der Waals surface area contributed by atoms with Crippen LogP contribution in [0, 0.1) is 5.92 Å². The fourth-order valence-electron chi connectivity index (χ4n) is 2.65. The molecule has 1 aromatic rings. The number of amides is 1. The largest absolute Gasteiger partial charge is 0.337 e. The van der Waals surface area contributed by atoms with E-state index in [2.05, 4.69) is 16.9 Å². The monoisotopic (exact) mass is 267 g/mol. The molecule has 2 rings (SSSR count). The second-order valence-electron chi connectivity index (χ2n) is 4.97. The van der Waals surface area contributed by atoms with E-state index in [1.54, 1.807) is 4.90 Å². The normalized spacial score (nSPS) is 23.7. The highest BCUT2D eigenvalue weighted by atomic mass is 35.5. The highest BCUT2D eigenvalue weighted by Crippen LogP contribution is 2.28. The molecule has 0 saturated heterocycles. The Bertz CT molecular complexity index is 438. The zero-order valence-corrected chi connectivity index (χ0v) is 11.5. The van der Waals surface area contributed by atoms with Gasteiger partial charge in [0.15, 0.2) is 0 Å². The van der Waals surface area contributed by atoms with Crippen molar-refractivity contribution in [2.75, 3.05) is 7.05 Å². The molecule has 4 nitrogen and oxygen atoms in total. The minimum absolute atomic E-state index is 0.0937. The second kappa shape index (κ2) is 5.65. The van der Waals surface area contributed by atoms with E-state index in [1.165, 1.54) is 31.7 Å². The molecule has 2 unspecified atom stereocenters. The lowest BCUT2D eigenvalue weighted by molar-refractivity contribution is 0.0622. The quantitative estimate of drug-likeness (QED) is 0.828. The topological polar surface area (TPSA) is 46.1 Å². The molecule has 1 aromatic heterocycles. The standard InChI is InChI=1S/C13H18ClN3O/c1-9-5-3-4-6-11(9)17(2)13(18)10-7-15-8-12(14)16-10/h7-9,11H,3-6H2,1-2H3. The Morgan fingerprint density at radius 3 is 2.78 bits per heavy atom. The van der Waals surface area contributed by atoms with E-state index < -0.39 is 0 Å². The van der Waals surface area contributed by atoms with E-state index in [9.17, 15) is 4.79 Å². The molecule has 5 heteroatoms. The van der Waals surface area contributed by atoms with Gasteiger partial charge in [-0.05, 0) is 18.8 Å². The first-order valence-electron chi connectivity index (χ1n) is 6.34. The molecule has 1 fully saturated rings. The fraction of sp³-hybridized carbons (Fsp3) is 0.615. The third kappa shape index (κ3) is 2.80. The average molecular weight is 268 g/mol. The van der Waals surface area contributed by atoms with Crippen molar-refractivity contribution in [3.05, 3.63) is 23.2 Å². The van der Waals surface area contributed by atoms with Crippen molar-refractivity contribution in [2.45, 2.75) is 38.6 Å². The second-order valence-corrected chi connectivity index (χ2v) is 5.36. The van der Waals surface area contributed by atoms with E-state index in [1.807, 2.05) is 7.05 Å². The van der Waals surface area contributed by atoms with Crippen LogP contribution in [-0.4, -0.2) is 33.9 Å². The number of nitrogens with zero attached hydrogens (tertiary/aromatic N) is 3. The molecule has 0 radical (unpaired) electrons. The van der Waals surface area contributed by atoms with Gasteiger partial charge >= 0.3 is 0 Å². The number of carbonyl (C=O) groups excluding carboxylic acids is 1. The Balaban J connectivity index is 2.13. The van der Waals surface area contributed by atoms with Crippen LogP contribution in [0.15, 0.2) is 12.4 Å². The molecule has 1 aliphatic rings. The summed E-state index contributed by atoms with van der Waals surface area (Å²) in [4.78, 5) is 22.0. The Hall–Kier alpha value is -1.16. The zero-order valence-electron chi connectivity index (χ0n) is 10.8. The Kier molecular flexibility index (Phi) is 4.17. The SMILES string of the molecule is CC1CCCCC1N(C)C(=O)c1cncc(Cl)n1. The first-order valence-corrected chi connectivity index (χ1v) is 6.72. The van der Waals surface area contributed by atoms with Crippen LogP contribution in [-0.2, 0) is 0 Å². The van der Waals surface area contributed by atoms with Gasteiger partial charge in [0, 0.05) is 13.1 Å². The van der Waals surface area contributed by atoms with Gasteiger partial charge in [0.05, 0.1) is 12.4 Å². The molecule has 1 saturated carbocycles. The van der Waals surface area contributed by atoms with Crippen LogP contribution >= 0.6 is 11.6 Å². The van der Waals surface area contributed by atoms with Crippen LogP contribution in [0.2, 0.25) is 5.15 Å². The molecule has 0 N–H and O–H groups in total. The van der Waals surface area contributed by atoms with E-state index in [-0.39, 0.29) is 11.1 Å². The van der Waals surface area contributed by atoms with Crippen molar-refractivity contribution in [3.8, 4) is 0 Å². The molecule has 0 aromatic carbocycles. The van der Waals surface area contributed by atoms with Crippen molar-refractivity contribution in [3.63, 3.8) is 0 Å². The van der Waals surface area contributed by atoms with Crippen LogP contribution in [0.5, 0.6) is 0 Å². The van der Waals surface area contributed by atoms with E-state index in [0.717, 1.165) is 6.42 Å². The summed E-state index contributed by atoms with van der Waals surface area (Å²) in [7, 11) is 1.84. The number of carbonyl (C=O) groups is 1. The highest BCUT2D eigenvalue weighted by molar-refractivity contribution is 6.29. The average Bonchev–Trinajstić information content (AvgIpc) is 2.37. The maximum atomic E-state index is 12.3. The van der Waals surface area contributed by atoms with Gasteiger partial charge in [0.1, 0.15) is 10.8 Å². The van der Waals surface area contributed by atoms with Crippen LogP contribution in [0.1, 0.15) is 43.1 Å². The van der Waals surface area contributed by atoms with Gasteiger partial charge in [0.25, 0.3) is 5.91 Å². The van der Waals surface area contributed by atoms with Crippen LogP contribution in [0.3, 0.4) is 0 Å². The van der Waals surface area contributed by atoms with Gasteiger partial charge in [-0.2, -0.15) is 0 Å². The fourth-order valence-corrected chi connectivity index (χ4v) is 2.80. The van der Waals surface area contributed by atoms with Gasteiger partial charge in [-0.1, -0.05) is 31.4 Å². The van der Waals surface area contributed by atoms with E-state index >= 15 is 0 Å². The summed E-state index contributed by atoms with van der Waals surface area (Å²) >= 11 is 5.76. The van der Waals surface area contributed by atoms with Gasteiger partial charge < -0.3 is 4.90 Å². The van der Waals surface area contributed by atoms with E-state index in [4.69, 9.17) is 11.6 Å². The maximum Gasteiger partial charge on any atom is 0.274 e. The Morgan fingerprint density at radius 1 is 1.39 bits per heavy atom. The van der Waals surface area contributed by atoms with Gasteiger partial charge in [-0.25, -0.2) is 4.98 Å². The minimum Gasteiger partial charge on any atom is -0.337 e. The summed E-state index contributed by atoms with van der Waals surface area (Å²) in [5.41, 5.74) is 0.322. The van der Waals surface area contributed by atoms with Gasteiger partial charge in [0.2, 0.25) is 0 Å². The van der Waals surface area contributed by atoms with Crippen LogP contribution in [0.4, 0.5) is 0 Å². The molecule has 0 spiro atoms. The van der Waals surface area contributed by atoms with Crippen LogP contribution in [0.25, 0.3) is 0 Å². The number of hydrogen-bond donors (Lipinski definition) is 0. The van der Waals surface area contributed by atoms with Gasteiger partial charge in [-0.15, -0.1) is 0 Å². The van der Waals surface area contributed by atoms with Gasteiger partial charge in [-0.3, -0.25) is 9.78 Å². The minimum atomic E-state index is -0.0937. The van der Waals surface area contributed by atoms with Crippen LogP contribution < -0.4 is 0 Å². The zero-order chi connectivity index (χ0) is 13.1. The lowest BCUT2D eigenvalue weighted by Crippen LogP contribution is -2.42. The predicted molar refractivity (Wildman–Crippen MR) is 70.6 cm³/mol. The first-order chi connectivity index (χ1) is 8.59. The molecule has 2 atom stereocenters. The molecule has 0 aliphatic heterocycles.